The Balaban J connectivity index is 1.41. The van der Waals surface area contributed by atoms with Crippen LogP contribution in [-0.4, -0.2) is 20.2 Å². The zero-order valence-corrected chi connectivity index (χ0v) is 16.9. The fourth-order valence-electron chi connectivity index (χ4n) is 2.52. The highest BCUT2D eigenvalue weighted by Crippen LogP contribution is 2.22. The van der Waals surface area contributed by atoms with Crippen molar-refractivity contribution in [2.75, 3.05) is 5.32 Å². The molecule has 1 N–H and O–H groups in total. The summed E-state index contributed by atoms with van der Waals surface area (Å²) in [4.78, 5) is 21.2. The molecule has 0 spiro atoms. The maximum absolute atomic E-state index is 13.0. The second kappa shape index (κ2) is 8.46. The van der Waals surface area contributed by atoms with Crippen LogP contribution >= 0.6 is 22.9 Å². The van der Waals surface area contributed by atoms with E-state index in [9.17, 15) is 9.18 Å². The number of nitrogens with zero attached hydrogens (tertiary/aromatic N) is 3. The first-order valence-electron chi connectivity index (χ1n) is 8.62. The van der Waals surface area contributed by atoms with Crippen molar-refractivity contribution in [2.45, 2.75) is 13.5 Å². The number of carbonyl (C=O) groups is 1. The largest absolute Gasteiger partial charge is 0.487 e. The summed E-state index contributed by atoms with van der Waals surface area (Å²) in [5.74, 6) is 0.361. The molecule has 4 rings (SSSR count). The van der Waals surface area contributed by atoms with Crippen LogP contribution in [0.15, 0.2) is 53.9 Å². The van der Waals surface area contributed by atoms with E-state index in [1.54, 1.807) is 47.7 Å². The summed E-state index contributed by atoms with van der Waals surface area (Å²) in [6.07, 6.45) is 0. The van der Waals surface area contributed by atoms with Gasteiger partial charge in [0.05, 0.1) is 10.7 Å². The molecule has 0 radical (unpaired) electrons. The Bertz CT molecular complexity index is 1140. The van der Waals surface area contributed by atoms with E-state index in [2.05, 4.69) is 19.7 Å². The van der Waals surface area contributed by atoms with Gasteiger partial charge in [0, 0.05) is 28.0 Å². The highest BCUT2D eigenvalue weighted by molar-refractivity contribution is 7.10. The Morgan fingerprint density at radius 3 is 2.76 bits per heavy atom. The summed E-state index contributed by atoms with van der Waals surface area (Å²) >= 11 is 2.62. The average molecular weight is 426 g/mol. The number of halogens is 1. The molecule has 9 heteroatoms. The van der Waals surface area contributed by atoms with Crippen LogP contribution in [0.5, 0.6) is 5.75 Å². The SMILES string of the molecule is Cc1nc(COc2cccc(C(=O)Nc3nc(-c4ccc(F)cc4)ns3)c2)cs1. The lowest BCUT2D eigenvalue weighted by atomic mass is 10.2. The van der Waals surface area contributed by atoms with Gasteiger partial charge in [0.1, 0.15) is 18.2 Å². The van der Waals surface area contributed by atoms with Crippen molar-refractivity contribution in [2.24, 2.45) is 0 Å². The molecule has 0 fully saturated rings. The molecule has 0 unspecified atom stereocenters. The lowest BCUT2D eigenvalue weighted by Crippen LogP contribution is -2.11. The van der Waals surface area contributed by atoms with Gasteiger partial charge >= 0.3 is 0 Å². The quantitative estimate of drug-likeness (QED) is 0.473. The number of nitrogens with one attached hydrogen (secondary N) is 1. The first-order valence-corrected chi connectivity index (χ1v) is 10.3. The van der Waals surface area contributed by atoms with Crippen LogP contribution in [0.25, 0.3) is 11.4 Å². The van der Waals surface area contributed by atoms with Gasteiger partial charge in [-0.2, -0.15) is 9.36 Å². The minimum Gasteiger partial charge on any atom is -0.487 e. The number of carbonyl (C=O) groups excluding carboxylic acids is 1. The molecule has 0 atom stereocenters. The molecule has 4 aromatic rings. The number of hydrogen-bond donors (Lipinski definition) is 1. The van der Waals surface area contributed by atoms with Gasteiger partial charge in [-0.25, -0.2) is 9.37 Å². The number of rotatable bonds is 6. The minimum atomic E-state index is -0.329. The molecule has 0 aliphatic carbocycles. The van der Waals surface area contributed by atoms with Gasteiger partial charge in [0.2, 0.25) is 5.13 Å². The van der Waals surface area contributed by atoms with E-state index in [1.807, 2.05) is 12.3 Å². The van der Waals surface area contributed by atoms with Crippen LogP contribution in [0, 0.1) is 12.7 Å². The fourth-order valence-corrected chi connectivity index (χ4v) is 3.70. The molecule has 1 amide bonds. The Labute approximate surface area is 174 Å². The molecule has 2 aromatic carbocycles. The number of ether oxygens (including phenoxy) is 1. The lowest BCUT2D eigenvalue weighted by molar-refractivity contribution is 0.102. The molecule has 146 valence electrons. The Morgan fingerprint density at radius 2 is 2.00 bits per heavy atom. The predicted octanol–water partition coefficient (Wildman–Crippen LogP) is 4.94. The van der Waals surface area contributed by atoms with Gasteiger partial charge in [-0.3, -0.25) is 10.1 Å². The zero-order chi connectivity index (χ0) is 20.2. The van der Waals surface area contributed by atoms with E-state index in [0.717, 1.165) is 22.2 Å². The summed E-state index contributed by atoms with van der Waals surface area (Å²) in [5, 5.41) is 6.01. The Hall–Kier alpha value is -3.17. The molecule has 2 heterocycles. The van der Waals surface area contributed by atoms with Gasteiger partial charge in [-0.15, -0.1) is 11.3 Å². The molecular weight excluding hydrogens is 411 g/mol. The zero-order valence-electron chi connectivity index (χ0n) is 15.3. The second-order valence-corrected chi connectivity index (χ2v) is 7.87. The normalized spacial score (nSPS) is 10.7. The molecular formula is C20H15FN4O2S2. The molecule has 0 aliphatic heterocycles. The summed E-state index contributed by atoms with van der Waals surface area (Å²) < 4.78 is 23.0. The van der Waals surface area contributed by atoms with E-state index in [-0.39, 0.29) is 11.7 Å². The van der Waals surface area contributed by atoms with Crippen LogP contribution in [0.3, 0.4) is 0 Å². The number of thiazole rings is 1. The number of hydrogen-bond acceptors (Lipinski definition) is 7. The summed E-state index contributed by atoms with van der Waals surface area (Å²) in [7, 11) is 0. The van der Waals surface area contributed by atoms with Gasteiger partial charge in [-0.1, -0.05) is 6.07 Å². The summed E-state index contributed by atoms with van der Waals surface area (Å²) in [6, 6.07) is 12.8. The Kier molecular flexibility index (Phi) is 5.59. The highest BCUT2D eigenvalue weighted by Gasteiger charge is 2.12. The monoisotopic (exact) mass is 426 g/mol. The predicted molar refractivity (Wildman–Crippen MR) is 111 cm³/mol. The fraction of sp³-hybridized carbons (Fsp3) is 0.100. The first kappa shape index (κ1) is 19.2. The van der Waals surface area contributed by atoms with E-state index < -0.39 is 0 Å². The van der Waals surface area contributed by atoms with Crippen LogP contribution in [-0.2, 0) is 6.61 Å². The third kappa shape index (κ3) is 4.82. The number of benzene rings is 2. The minimum absolute atomic E-state index is 0.318. The van der Waals surface area contributed by atoms with Gasteiger partial charge < -0.3 is 4.74 Å². The highest BCUT2D eigenvalue weighted by atomic mass is 32.1. The van der Waals surface area contributed by atoms with E-state index in [0.29, 0.717) is 34.4 Å². The molecule has 0 aliphatic rings. The molecule has 29 heavy (non-hydrogen) atoms. The first-order chi connectivity index (χ1) is 14.1. The van der Waals surface area contributed by atoms with Crippen molar-refractivity contribution in [3.8, 4) is 17.1 Å². The van der Waals surface area contributed by atoms with Crippen LogP contribution < -0.4 is 10.1 Å². The molecule has 0 bridgehead atoms. The summed E-state index contributed by atoms with van der Waals surface area (Å²) in [5.41, 5.74) is 1.97. The van der Waals surface area contributed by atoms with Gasteiger partial charge in [0.25, 0.3) is 5.91 Å². The maximum atomic E-state index is 13.0. The Morgan fingerprint density at radius 1 is 1.17 bits per heavy atom. The maximum Gasteiger partial charge on any atom is 0.257 e. The topological polar surface area (TPSA) is 77.0 Å². The van der Waals surface area contributed by atoms with Crippen molar-refractivity contribution < 1.29 is 13.9 Å². The van der Waals surface area contributed by atoms with Gasteiger partial charge in [-0.05, 0) is 49.4 Å². The van der Waals surface area contributed by atoms with Crippen LogP contribution in [0.1, 0.15) is 21.1 Å². The van der Waals surface area contributed by atoms with Crippen molar-refractivity contribution in [1.29, 1.82) is 0 Å². The number of anilines is 1. The van der Waals surface area contributed by atoms with E-state index in [4.69, 9.17) is 4.74 Å². The van der Waals surface area contributed by atoms with Crippen LogP contribution in [0.2, 0.25) is 0 Å². The average Bonchev–Trinajstić information content (AvgIpc) is 3.36. The second-order valence-electron chi connectivity index (χ2n) is 6.06. The van der Waals surface area contributed by atoms with Crippen LogP contribution in [0.4, 0.5) is 9.52 Å². The van der Waals surface area contributed by atoms with Crippen molar-refractivity contribution in [3.63, 3.8) is 0 Å². The summed E-state index contributed by atoms with van der Waals surface area (Å²) in [6.45, 7) is 2.28. The standard InChI is InChI=1S/C20H15FN4O2S2/c1-12-22-16(11-28-12)10-27-17-4-2-3-14(9-17)19(26)24-20-23-18(25-29-20)13-5-7-15(21)8-6-13/h2-9,11H,10H2,1H3,(H,23,24,25,26). The van der Waals surface area contributed by atoms with E-state index in [1.165, 1.54) is 12.1 Å². The molecule has 6 nitrogen and oxygen atoms in total. The number of amides is 1. The smallest absolute Gasteiger partial charge is 0.257 e. The van der Waals surface area contributed by atoms with E-state index >= 15 is 0 Å². The number of aromatic nitrogens is 3. The molecule has 2 aromatic heterocycles. The third-order valence-electron chi connectivity index (χ3n) is 3.90. The van der Waals surface area contributed by atoms with Crippen molar-refractivity contribution in [1.82, 2.24) is 14.3 Å². The molecule has 0 saturated heterocycles. The van der Waals surface area contributed by atoms with Crippen molar-refractivity contribution >= 4 is 33.9 Å². The number of aryl methyl sites for hydroxylation is 1. The van der Waals surface area contributed by atoms with Crippen molar-refractivity contribution in [3.05, 3.63) is 76.0 Å². The molecule has 0 saturated carbocycles. The third-order valence-corrected chi connectivity index (χ3v) is 5.35. The van der Waals surface area contributed by atoms with Gasteiger partial charge in [0.15, 0.2) is 5.82 Å². The lowest BCUT2D eigenvalue weighted by Gasteiger charge is -2.06.